The fourth-order valence-corrected chi connectivity index (χ4v) is 3.66. The smallest absolute Gasteiger partial charge is 0.167 e. The molecule has 4 heteroatoms. The largest absolute Gasteiger partial charge is 0.302 e. The van der Waals surface area contributed by atoms with Gasteiger partial charge in [-0.25, -0.2) is 4.21 Å². The summed E-state index contributed by atoms with van der Waals surface area (Å²) < 4.78 is 18.5. The summed E-state index contributed by atoms with van der Waals surface area (Å²) in [4.78, 5) is 2.26. The molecule has 0 radical (unpaired) electrons. The van der Waals surface area contributed by atoms with Crippen molar-refractivity contribution in [3.8, 4) is 0 Å². The van der Waals surface area contributed by atoms with Crippen molar-refractivity contribution in [1.82, 2.24) is 4.90 Å². The van der Waals surface area contributed by atoms with E-state index in [9.17, 15) is 4.21 Å². The molecule has 1 atom stereocenters. The second kappa shape index (κ2) is 9.60. The summed E-state index contributed by atoms with van der Waals surface area (Å²) in [6.45, 7) is 7.48. The number of hydrogen-bond acceptors (Lipinski definition) is 3. The summed E-state index contributed by atoms with van der Waals surface area (Å²) in [5.74, 6) is 0. The number of nitrogens with zero attached hydrogens (tertiary/aromatic N) is 1. The van der Waals surface area contributed by atoms with Crippen molar-refractivity contribution in [1.29, 1.82) is 0 Å². The predicted molar refractivity (Wildman–Crippen MR) is 96.6 cm³/mol. The average molecular weight is 331 g/mol. The van der Waals surface area contributed by atoms with Crippen LogP contribution in [0.5, 0.6) is 0 Å². The first-order valence-corrected chi connectivity index (χ1v) is 9.26. The molecule has 0 amide bonds. The number of hydrogen-bond donors (Lipinski definition) is 0. The Labute approximate surface area is 141 Å². The van der Waals surface area contributed by atoms with Crippen molar-refractivity contribution in [2.24, 2.45) is 0 Å². The fraction of sp³-hybridized carbons (Fsp3) is 0.368. The Morgan fingerprint density at radius 2 is 1.39 bits per heavy atom. The van der Waals surface area contributed by atoms with Crippen molar-refractivity contribution in [2.75, 3.05) is 26.2 Å². The van der Waals surface area contributed by atoms with Crippen LogP contribution in [0.4, 0.5) is 0 Å². The van der Waals surface area contributed by atoms with E-state index in [1.54, 1.807) is 0 Å². The minimum atomic E-state index is -1.41. The van der Waals surface area contributed by atoms with Crippen LogP contribution in [-0.4, -0.2) is 35.3 Å². The van der Waals surface area contributed by atoms with Crippen LogP contribution < -0.4 is 0 Å². The zero-order valence-corrected chi connectivity index (χ0v) is 14.7. The molecule has 0 aliphatic rings. The molecule has 0 fully saturated rings. The maximum Gasteiger partial charge on any atom is 0.167 e. The van der Waals surface area contributed by atoms with E-state index < -0.39 is 11.1 Å². The maximum atomic E-state index is 12.8. The SMILES string of the molecule is CCN(CC)CCO[S@](=O)C(c1ccccc1)c1ccccc1. The average Bonchev–Trinajstić information content (AvgIpc) is 2.61. The molecule has 0 aliphatic carbocycles. The standard InChI is InChI=1S/C19H25NO2S/c1-3-20(4-2)15-16-22-23(21)19(17-11-7-5-8-12-17)18-13-9-6-10-14-18/h5-14,19H,3-4,15-16H2,1-2H3/t23-/m0/s1. The van der Waals surface area contributed by atoms with Crippen molar-refractivity contribution >= 4 is 11.1 Å². The number of benzene rings is 2. The topological polar surface area (TPSA) is 29.5 Å². The van der Waals surface area contributed by atoms with E-state index in [1.165, 1.54) is 0 Å². The third-order valence-corrected chi connectivity index (χ3v) is 5.23. The molecule has 0 aromatic heterocycles. The monoisotopic (exact) mass is 331 g/mol. The van der Waals surface area contributed by atoms with Crippen LogP contribution in [0.3, 0.4) is 0 Å². The highest BCUT2D eigenvalue weighted by Crippen LogP contribution is 2.28. The van der Waals surface area contributed by atoms with Gasteiger partial charge in [-0.1, -0.05) is 74.5 Å². The molecular formula is C19H25NO2S. The highest BCUT2D eigenvalue weighted by atomic mass is 32.2. The van der Waals surface area contributed by atoms with Crippen molar-refractivity contribution in [2.45, 2.75) is 19.1 Å². The molecule has 0 saturated heterocycles. The molecular weight excluding hydrogens is 306 g/mol. The van der Waals surface area contributed by atoms with E-state index in [-0.39, 0.29) is 5.25 Å². The molecule has 23 heavy (non-hydrogen) atoms. The van der Waals surface area contributed by atoms with Gasteiger partial charge < -0.3 is 4.90 Å². The summed E-state index contributed by atoms with van der Waals surface area (Å²) in [6, 6.07) is 19.8. The molecule has 2 aromatic rings. The molecule has 3 nitrogen and oxygen atoms in total. The molecule has 0 aliphatic heterocycles. The van der Waals surface area contributed by atoms with Crippen molar-refractivity contribution < 1.29 is 8.39 Å². The molecule has 0 saturated carbocycles. The second-order valence-corrected chi connectivity index (χ2v) is 6.54. The summed E-state index contributed by atoms with van der Waals surface area (Å²) in [5, 5.41) is -0.255. The van der Waals surface area contributed by atoms with E-state index >= 15 is 0 Å². The number of likely N-dealkylation sites (N-methyl/N-ethyl adjacent to an activating group) is 1. The molecule has 124 valence electrons. The summed E-state index contributed by atoms with van der Waals surface area (Å²) in [7, 11) is 0. The summed E-state index contributed by atoms with van der Waals surface area (Å²) in [6.07, 6.45) is 0. The van der Waals surface area contributed by atoms with Gasteiger partial charge in [0.05, 0.1) is 6.61 Å². The second-order valence-electron chi connectivity index (χ2n) is 5.31. The first kappa shape index (κ1) is 17.9. The van der Waals surface area contributed by atoms with Gasteiger partial charge >= 0.3 is 0 Å². The van der Waals surface area contributed by atoms with Crippen LogP contribution in [0.2, 0.25) is 0 Å². The van der Waals surface area contributed by atoms with Gasteiger partial charge in [0.25, 0.3) is 0 Å². The van der Waals surface area contributed by atoms with Crippen LogP contribution >= 0.6 is 0 Å². The van der Waals surface area contributed by atoms with Gasteiger partial charge in [0.1, 0.15) is 5.25 Å². The Hall–Kier alpha value is -1.49. The van der Waals surface area contributed by atoms with Crippen molar-refractivity contribution in [3.05, 3.63) is 71.8 Å². The van der Waals surface area contributed by atoms with Gasteiger partial charge in [-0.2, -0.15) is 0 Å². The fourth-order valence-electron chi connectivity index (χ4n) is 2.53. The van der Waals surface area contributed by atoms with E-state index in [1.807, 2.05) is 60.7 Å². The van der Waals surface area contributed by atoms with Gasteiger partial charge in [0, 0.05) is 6.54 Å². The molecule has 0 N–H and O–H groups in total. The van der Waals surface area contributed by atoms with E-state index in [0.29, 0.717) is 6.61 Å². The lowest BCUT2D eigenvalue weighted by Crippen LogP contribution is -2.27. The lowest BCUT2D eigenvalue weighted by atomic mass is 10.0. The summed E-state index contributed by atoms with van der Waals surface area (Å²) >= 11 is -1.41. The van der Waals surface area contributed by atoms with Gasteiger partial charge in [-0.15, -0.1) is 0 Å². The minimum Gasteiger partial charge on any atom is -0.302 e. The quantitative estimate of drug-likeness (QED) is 0.700. The van der Waals surface area contributed by atoms with Crippen molar-refractivity contribution in [3.63, 3.8) is 0 Å². The van der Waals surface area contributed by atoms with Gasteiger partial charge in [0.2, 0.25) is 0 Å². The van der Waals surface area contributed by atoms with Crippen LogP contribution in [0.1, 0.15) is 30.2 Å². The molecule has 0 spiro atoms. The zero-order valence-electron chi connectivity index (χ0n) is 13.9. The van der Waals surface area contributed by atoms with Crippen LogP contribution in [-0.2, 0) is 15.3 Å². The third-order valence-electron chi connectivity index (χ3n) is 3.90. The third kappa shape index (κ3) is 5.27. The Morgan fingerprint density at radius 1 is 0.913 bits per heavy atom. The first-order valence-electron chi connectivity index (χ1n) is 8.12. The Balaban J connectivity index is 2.10. The lowest BCUT2D eigenvalue weighted by Gasteiger charge is -2.20. The van der Waals surface area contributed by atoms with Gasteiger partial charge in [-0.3, -0.25) is 4.18 Å². The molecule has 2 rings (SSSR count). The normalized spacial score (nSPS) is 12.7. The molecule has 0 heterocycles. The maximum absolute atomic E-state index is 12.8. The van der Waals surface area contributed by atoms with Gasteiger partial charge in [0.15, 0.2) is 11.1 Å². The van der Waals surface area contributed by atoms with Crippen LogP contribution in [0, 0.1) is 0 Å². The lowest BCUT2D eigenvalue weighted by molar-refractivity contribution is 0.234. The van der Waals surface area contributed by atoms with E-state index in [4.69, 9.17) is 4.18 Å². The molecule has 0 unspecified atom stereocenters. The molecule has 0 bridgehead atoms. The number of rotatable bonds is 9. The predicted octanol–water partition coefficient (Wildman–Crippen LogP) is 3.80. The van der Waals surface area contributed by atoms with E-state index in [2.05, 4.69) is 18.7 Å². The zero-order chi connectivity index (χ0) is 16.5. The highest BCUT2D eigenvalue weighted by molar-refractivity contribution is 7.80. The van der Waals surface area contributed by atoms with Crippen LogP contribution in [0.25, 0.3) is 0 Å². The highest BCUT2D eigenvalue weighted by Gasteiger charge is 2.22. The Kier molecular flexibility index (Phi) is 7.46. The Bertz CT molecular complexity index is 545. The minimum absolute atomic E-state index is 0.255. The van der Waals surface area contributed by atoms with E-state index in [0.717, 1.165) is 30.8 Å². The molecule has 2 aromatic carbocycles. The van der Waals surface area contributed by atoms with Gasteiger partial charge in [-0.05, 0) is 24.2 Å². The summed E-state index contributed by atoms with van der Waals surface area (Å²) in [5.41, 5.74) is 2.03. The first-order chi connectivity index (χ1) is 11.3. The Morgan fingerprint density at radius 3 is 1.83 bits per heavy atom. The van der Waals surface area contributed by atoms with Crippen LogP contribution in [0.15, 0.2) is 60.7 Å².